The second-order valence-corrected chi connectivity index (χ2v) is 8.33. The Labute approximate surface area is 175 Å². The molecular weight excluding hydrogens is 444 g/mol. The molecule has 0 bridgehead atoms. The van der Waals surface area contributed by atoms with Crippen molar-refractivity contribution in [3.8, 4) is 5.69 Å². The average Bonchev–Trinajstić information content (AvgIpc) is 3.20. The largest absolute Gasteiger partial charge is 0.465 e. The van der Waals surface area contributed by atoms with Gasteiger partial charge in [0.25, 0.3) is 5.91 Å². The van der Waals surface area contributed by atoms with Crippen LogP contribution >= 0.6 is 27.3 Å². The molecule has 3 aromatic rings. The van der Waals surface area contributed by atoms with Crippen molar-refractivity contribution in [1.82, 2.24) is 14.5 Å². The highest BCUT2D eigenvalue weighted by atomic mass is 79.9. The molecular formula is C19H21BrN4O3S. The van der Waals surface area contributed by atoms with Crippen LogP contribution < -0.4 is 4.90 Å². The molecule has 0 aliphatic rings. The van der Waals surface area contributed by atoms with Gasteiger partial charge in [0.15, 0.2) is 0 Å². The van der Waals surface area contributed by atoms with Gasteiger partial charge in [0, 0.05) is 31.3 Å². The first-order valence-corrected chi connectivity index (χ1v) is 10.3. The minimum Gasteiger partial charge on any atom is -0.465 e. The maximum Gasteiger partial charge on any atom is 0.325 e. The van der Waals surface area contributed by atoms with Crippen molar-refractivity contribution >= 4 is 55.4 Å². The lowest BCUT2D eigenvalue weighted by atomic mass is 10.3. The molecule has 0 atom stereocenters. The van der Waals surface area contributed by atoms with Gasteiger partial charge in [0.05, 0.1) is 11.5 Å². The Morgan fingerprint density at radius 2 is 1.89 bits per heavy atom. The van der Waals surface area contributed by atoms with Gasteiger partial charge in [-0.05, 0) is 37.3 Å². The number of esters is 1. The standard InChI is InChI=1S/C19H21BrN4O3S/c1-5-27-16(25)11-23(4)17(26)15-10-14-18(28-15)24(19(21-14)22(2)3)13-8-6-12(20)7-9-13/h6-10H,5,11H2,1-4H3. The lowest BCUT2D eigenvalue weighted by Gasteiger charge is -2.16. The summed E-state index contributed by atoms with van der Waals surface area (Å²) in [6.07, 6.45) is 0. The van der Waals surface area contributed by atoms with Gasteiger partial charge in [0.2, 0.25) is 5.95 Å². The normalized spacial score (nSPS) is 10.9. The number of likely N-dealkylation sites (N-methyl/N-ethyl adjacent to an activating group) is 1. The lowest BCUT2D eigenvalue weighted by molar-refractivity contribution is -0.143. The third kappa shape index (κ3) is 4.05. The monoisotopic (exact) mass is 464 g/mol. The van der Waals surface area contributed by atoms with Gasteiger partial charge < -0.3 is 14.5 Å². The first kappa shape index (κ1) is 20.3. The fourth-order valence-corrected chi connectivity index (χ4v) is 4.12. The molecule has 0 spiro atoms. The van der Waals surface area contributed by atoms with Crippen molar-refractivity contribution in [2.45, 2.75) is 6.92 Å². The lowest BCUT2D eigenvalue weighted by Crippen LogP contribution is -2.32. The smallest absolute Gasteiger partial charge is 0.325 e. The van der Waals surface area contributed by atoms with Gasteiger partial charge in [0.1, 0.15) is 16.9 Å². The van der Waals surface area contributed by atoms with E-state index in [1.165, 1.54) is 16.2 Å². The zero-order chi connectivity index (χ0) is 20.4. The van der Waals surface area contributed by atoms with Crippen molar-refractivity contribution in [2.24, 2.45) is 0 Å². The maximum atomic E-state index is 12.7. The van der Waals surface area contributed by atoms with Gasteiger partial charge in [-0.2, -0.15) is 0 Å². The number of benzene rings is 1. The molecule has 0 saturated carbocycles. The number of amides is 1. The second-order valence-electron chi connectivity index (χ2n) is 6.39. The highest BCUT2D eigenvalue weighted by molar-refractivity contribution is 9.10. The van der Waals surface area contributed by atoms with Crippen LogP contribution in [0, 0.1) is 0 Å². The predicted octanol–water partition coefficient (Wildman–Crippen LogP) is 3.55. The van der Waals surface area contributed by atoms with E-state index in [9.17, 15) is 9.59 Å². The molecule has 3 rings (SSSR count). The van der Waals surface area contributed by atoms with Crippen LogP contribution in [0.15, 0.2) is 34.8 Å². The van der Waals surface area contributed by atoms with Crippen LogP contribution in [0.25, 0.3) is 16.0 Å². The Bertz CT molecular complexity index is 1010. The number of aromatic nitrogens is 2. The SMILES string of the molecule is CCOC(=O)CN(C)C(=O)c1cc2nc(N(C)C)n(-c3ccc(Br)cc3)c2s1. The average molecular weight is 465 g/mol. The Morgan fingerprint density at radius 1 is 1.21 bits per heavy atom. The van der Waals surface area contributed by atoms with E-state index in [0.717, 1.165) is 26.5 Å². The zero-order valence-corrected chi connectivity index (χ0v) is 18.5. The Kier molecular flexibility index (Phi) is 6.04. The molecule has 1 amide bonds. The number of hydrogen-bond donors (Lipinski definition) is 0. The molecule has 2 heterocycles. The number of rotatable bonds is 6. The molecule has 0 saturated heterocycles. The van der Waals surface area contributed by atoms with Crippen molar-refractivity contribution in [1.29, 1.82) is 0 Å². The predicted molar refractivity (Wildman–Crippen MR) is 115 cm³/mol. The Morgan fingerprint density at radius 3 is 2.50 bits per heavy atom. The molecule has 2 aromatic heterocycles. The van der Waals surface area contributed by atoms with Gasteiger partial charge in [-0.3, -0.25) is 14.2 Å². The van der Waals surface area contributed by atoms with Crippen molar-refractivity contribution < 1.29 is 14.3 Å². The molecule has 148 valence electrons. The highest BCUT2D eigenvalue weighted by Crippen LogP contribution is 2.33. The number of imidazole rings is 1. The minimum absolute atomic E-state index is 0.0854. The number of fused-ring (bicyclic) bond motifs is 1. The summed E-state index contributed by atoms with van der Waals surface area (Å²) in [6.45, 7) is 1.94. The molecule has 1 aromatic carbocycles. The third-order valence-electron chi connectivity index (χ3n) is 4.03. The van der Waals surface area contributed by atoms with Crippen LogP contribution in [0.2, 0.25) is 0 Å². The summed E-state index contributed by atoms with van der Waals surface area (Å²) in [5, 5.41) is 0. The van der Waals surface area contributed by atoms with Crippen molar-refractivity contribution in [3.05, 3.63) is 39.7 Å². The summed E-state index contributed by atoms with van der Waals surface area (Å²) < 4.78 is 7.93. The number of anilines is 1. The summed E-state index contributed by atoms with van der Waals surface area (Å²) in [6, 6.07) is 9.69. The Hall–Kier alpha value is -2.39. The molecule has 28 heavy (non-hydrogen) atoms. The van der Waals surface area contributed by atoms with Crippen LogP contribution in [0.3, 0.4) is 0 Å². The second kappa shape index (κ2) is 8.32. The summed E-state index contributed by atoms with van der Waals surface area (Å²) in [5.41, 5.74) is 1.69. The summed E-state index contributed by atoms with van der Waals surface area (Å²) >= 11 is 4.81. The molecule has 9 heteroatoms. The van der Waals surface area contributed by atoms with Crippen LogP contribution in [-0.2, 0) is 9.53 Å². The van der Waals surface area contributed by atoms with Gasteiger partial charge in [-0.15, -0.1) is 11.3 Å². The van der Waals surface area contributed by atoms with Crippen LogP contribution in [0.5, 0.6) is 0 Å². The van der Waals surface area contributed by atoms with E-state index in [-0.39, 0.29) is 12.5 Å². The van der Waals surface area contributed by atoms with Crippen molar-refractivity contribution in [2.75, 3.05) is 39.2 Å². The van der Waals surface area contributed by atoms with E-state index in [2.05, 4.69) is 20.9 Å². The summed E-state index contributed by atoms with van der Waals surface area (Å²) in [7, 11) is 5.45. The minimum atomic E-state index is -0.424. The number of thiophene rings is 1. The van der Waals surface area contributed by atoms with Crippen LogP contribution in [-0.4, -0.2) is 60.6 Å². The molecule has 0 N–H and O–H groups in total. The van der Waals surface area contributed by atoms with Gasteiger partial charge >= 0.3 is 5.97 Å². The highest BCUT2D eigenvalue weighted by Gasteiger charge is 2.22. The molecule has 0 fully saturated rings. The number of halogens is 1. The molecule has 0 radical (unpaired) electrons. The first-order valence-electron chi connectivity index (χ1n) is 8.68. The summed E-state index contributed by atoms with van der Waals surface area (Å²) in [4.78, 5) is 33.8. The molecule has 0 aliphatic heterocycles. The van der Waals surface area contributed by atoms with Crippen LogP contribution in [0.1, 0.15) is 16.6 Å². The maximum absolute atomic E-state index is 12.7. The third-order valence-corrected chi connectivity index (χ3v) is 5.66. The Balaban J connectivity index is 1.99. The first-order chi connectivity index (χ1) is 13.3. The number of nitrogens with zero attached hydrogens (tertiary/aromatic N) is 4. The number of carbonyl (C=O) groups is 2. The fraction of sp³-hybridized carbons (Fsp3) is 0.316. The summed E-state index contributed by atoms with van der Waals surface area (Å²) in [5.74, 6) is 0.124. The van der Waals surface area contributed by atoms with Crippen LogP contribution in [0.4, 0.5) is 5.95 Å². The van der Waals surface area contributed by atoms with Gasteiger partial charge in [-0.1, -0.05) is 15.9 Å². The molecule has 7 nitrogen and oxygen atoms in total. The van der Waals surface area contributed by atoms with E-state index in [1.54, 1.807) is 20.0 Å². The molecule has 0 unspecified atom stereocenters. The zero-order valence-electron chi connectivity index (χ0n) is 16.1. The number of carbonyl (C=O) groups excluding carboxylic acids is 2. The topological polar surface area (TPSA) is 67.7 Å². The van der Waals surface area contributed by atoms with E-state index in [4.69, 9.17) is 4.74 Å². The van der Waals surface area contributed by atoms with E-state index < -0.39 is 5.97 Å². The van der Waals surface area contributed by atoms with E-state index >= 15 is 0 Å². The van der Waals surface area contributed by atoms with E-state index in [0.29, 0.717) is 11.5 Å². The van der Waals surface area contributed by atoms with E-state index in [1.807, 2.05) is 47.8 Å². The fourth-order valence-electron chi connectivity index (χ4n) is 2.75. The number of ether oxygens (including phenoxy) is 1. The number of hydrogen-bond acceptors (Lipinski definition) is 6. The van der Waals surface area contributed by atoms with Gasteiger partial charge in [-0.25, -0.2) is 4.98 Å². The molecule has 0 aliphatic carbocycles. The van der Waals surface area contributed by atoms with Crippen molar-refractivity contribution in [3.63, 3.8) is 0 Å². The quantitative estimate of drug-likeness (QED) is 0.521.